The van der Waals surface area contributed by atoms with Gasteiger partial charge in [0.1, 0.15) is 0 Å². The maximum atomic E-state index is 6.20. The molecule has 2 rings (SSSR count). The van der Waals surface area contributed by atoms with Crippen LogP contribution in [0, 0.1) is 11.8 Å². The summed E-state index contributed by atoms with van der Waals surface area (Å²) in [6.07, 6.45) is 6.77. The van der Waals surface area contributed by atoms with Gasteiger partial charge in [0.25, 0.3) is 0 Å². The van der Waals surface area contributed by atoms with Crippen molar-refractivity contribution in [2.24, 2.45) is 17.6 Å². The highest BCUT2D eigenvalue weighted by Crippen LogP contribution is 2.31. The zero-order valence-electron chi connectivity index (χ0n) is 9.41. The van der Waals surface area contributed by atoms with Crippen molar-refractivity contribution in [2.45, 2.75) is 45.1 Å². The molecular weight excluding hydrogens is 172 g/mol. The van der Waals surface area contributed by atoms with Crippen molar-refractivity contribution in [3.05, 3.63) is 0 Å². The monoisotopic (exact) mass is 196 g/mol. The Kier molecular flexibility index (Phi) is 3.45. The normalized spacial score (nSPS) is 39.4. The molecule has 2 aliphatic rings. The first kappa shape index (κ1) is 10.4. The third kappa shape index (κ3) is 2.29. The molecule has 1 saturated carbocycles. The minimum Gasteiger partial charge on any atom is -0.327 e. The molecule has 0 bridgehead atoms. The molecule has 14 heavy (non-hydrogen) atoms. The molecule has 0 amide bonds. The number of hydrogen-bond donors (Lipinski definition) is 1. The number of nitrogens with two attached hydrogens (primary N) is 1. The Morgan fingerprint density at radius 2 is 2.07 bits per heavy atom. The van der Waals surface area contributed by atoms with Gasteiger partial charge in [0, 0.05) is 12.6 Å². The summed E-state index contributed by atoms with van der Waals surface area (Å²) >= 11 is 0. The Hall–Kier alpha value is -0.0800. The second-order valence-corrected chi connectivity index (χ2v) is 5.17. The van der Waals surface area contributed by atoms with E-state index in [2.05, 4.69) is 11.8 Å². The highest BCUT2D eigenvalue weighted by atomic mass is 15.2. The smallest absolute Gasteiger partial charge is 0.00795 e. The summed E-state index contributed by atoms with van der Waals surface area (Å²) in [6, 6.07) is 0.485. The fourth-order valence-electron chi connectivity index (χ4n) is 2.86. The zero-order valence-corrected chi connectivity index (χ0v) is 9.41. The lowest BCUT2D eigenvalue weighted by atomic mass is 9.77. The van der Waals surface area contributed by atoms with Gasteiger partial charge in [0.2, 0.25) is 0 Å². The average Bonchev–Trinajstić information content (AvgIpc) is 2.14. The fourth-order valence-corrected chi connectivity index (χ4v) is 2.86. The average molecular weight is 196 g/mol. The topological polar surface area (TPSA) is 29.3 Å². The lowest BCUT2D eigenvalue weighted by Gasteiger charge is -2.40. The number of hydrogen-bond acceptors (Lipinski definition) is 2. The van der Waals surface area contributed by atoms with Gasteiger partial charge < -0.3 is 10.6 Å². The van der Waals surface area contributed by atoms with Gasteiger partial charge in [0.15, 0.2) is 0 Å². The van der Waals surface area contributed by atoms with Crippen LogP contribution in [0.5, 0.6) is 0 Å². The molecular formula is C12H24N2. The van der Waals surface area contributed by atoms with Gasteiger partial charge >= 0.3 is 0 Å². The zero-order chi connectivity index (χ0) is 9.97. The molecule has 2 heteroatoms. The second kappa shape index (κ2) is 4.63. The Morgan fingerprint density at radius 1 is 1.29 bits per heavy atom. The molecule has 82 valence electrons. The Balaban J connectivity index is 1.80. The molecule has 0 aromatic heterocycles. The number of likely N-dealkylation sites (tertiary alicyclic amines) is 1. The first-order valence-corrected chi connectivity index (χ1v) is 6.27. The highest BCUT2D eigenvalue weighted by Gasteiger charge is 2.29. The summed E-state index contributed by atoms with van der Waals surface area (Å²) in [7, 11) is 0. The van der Waals surface area contributed by atoms with Crippen LogP contribution in [0.2, 0.25) is 0 Å². The van der Waals surface area contributed by atoms with Crippen molar-refractivity contribution in [1.82, 2.24) is 4.90 Å². The molecule has 2 N–H and O–H groups in total. The molecule has 1 aliphatic carbocycles. The number of rotatable bonds is 3. The molecule has 1 heterocycles. The third-order valence-electron chi connectivity index (χ3n) is 4.17. The molecule has 1 aliphatic heterocycles. The molecule has 2 nitrogen and oxygen atoms in total. The minimum absolute atomic E-state index is 0.485. The van der Waals surface area contributed by atoms with E-state index in [1.54, 1.807) is 0 Å². The van der Waals surface area contributed by atoms with Crippen molar-refractivity contribution >= 4 is 0 Å². The van der Waals surface area contributed by atoms with Crippen molar-refractivity contribution < 1.29 is 0 Å². The van der Waals surface area contributed by atoms with E-state index in [0.29, 0.717) is 6.04 Å². The Labute approximate surface area is 87.8 Å². The van der Waals surface area contributed by atoms with Gasteiger partial charge in [-0.05, 0) is 50.6 Å². The first-order valence-electron chi connectivity index (χ1n) is 6.27. The highest BCUT2D eigenvalue weighted by molar-refractivity contribution is 4.85. The Morgan fingerprint density at radius 3 is 2.64 bits per heavy atom. The van der Waals surface area contributed by atoms with Crippen LogP contribution >= 0.6 is 0 Å². The summed E-state index contributed by atoms with van der Waals surface area (Å²) in [4.78, 5) is 2.57. The van der Waals surface area contributed by atoms with E-state index >= 15 is 0 Å². The molecule has 0 radical (unpaired) electrons. The van der Waals surface area contributed by atoms with Gasteiger partial charge in [0.05, 0.1) is 0 Å². The molecule has 3 atom stereocenters. The van der Waals surface area contributed by atoms with E-state index in [0.717, 1.165) is 11.8 Å². The van der Waals surface area contributed by atoms with Gasteiger partial charge in [-0.3, -0.25) is 0 Å². The number of nitrogens with zero attached hydrogens (tertiary/aromatic N) is 1. The van der Waals surface area contributed by atoms with Crippen LogP contribution in [0.25, 0.3) is 0 Å². The third-order valence-corrected chi connectivity index (χ3v) is 4.17. The summed E-state index contributed by atoms with van der Waals surface area (Å²) < 4.78 is 0. The summed E-state index contributed by atoms with van der Waals surface area (Å²) in [5.41, 5.74) is 6.20. The molecule has 1 saturated heterocycles. The van der Waals surface area contributed by atoms with Crippen LogP contribution in [0.1, 0.15) is 39.0 Å². The van der Waals surface area contributed by atoms with Crippen molar-refractivity contribution in [3.63, 3.8) is 0 Å². The minimum atomic E-state index is 0.485. The van der Waals surface area contributed by atoms with Gasteiger partial charge in [-0.1, -0.05) is 13.3 Å². The van der Waals surface area contributed by atoms with Gasteiger partial charge in [-0.15, -0.1) is 0 Å². The van der Waals surface area contributed by atoms with Crippen molar-refractivity contribution in [1.29, 1.82) is 0 Å². The van der Waals surface area contributed by atoms with Gasteiger partial charge in [-0.25, -0.2) is 0 Å². The van der Waals surface area contributed by atoms with E-state index in [9.17, 15) is 0 Å². The maximum Gasteiger partial charge on any atom is 0.00795 e. The molecule has 3 unspecified atom stereocenters. The van der Waals surface area contributed by atoms with E-state index in [-0.39, 0.29) is 0 Å². The molecule has 2 fully saturated rings. The van der Waals surface area contributed by atoms with Gasteiger partial charge in [-0.2, -0.15) is 0 Å². The molecule has 0 spiro atoms. The first-order chi connectivity index (χ1) is 6.79. The summed E-state index contributed by atoms with van der Waals surface area (Å²) in [5, 5.41) is 0. The van der Waals surface area contributed by atoms with Crippen LogP contribution < -0.4 is 5.73 Å². The standard InChI is InChI=1S/C12H24N2/c1-2-10-4-5-12(13)11(8-10)9-14-6-3-7-14/h10-12H,2-9,13H2,1H3. The Bertz CT molecular complexity index is 175. The lowest BCUT2D eigenvalue weighted by Crippen LogP contribution is -2.47. The SMILES string of the molecule is CCC1CCC(N)C(CN2CCC2)C1. The second-order valence-electron chi connectivity index (χ2n) is 5.17. The van der Waals surface area contributed by atoms with E-state index in [1.165, 1.54) is 51.7 Å². The summed E-state index contributed by atoms with van der Waals surface area (Å²) in [5.74, 6) is 1.75. The quantitative estimate of drug-likeness (QED) is 0.746. The largest absolute Gasteiger partial charge is 0.327 e. The van der Waals surface area contributed by atoms with Crippen molar-refractivity contribution in [3.8, 4) is 0 Å². The van der Waals surface area contributed by atoms with E-state index in [4.69, 9.17) is 5.73 Å². The van der Waals surface area contributed by atoms with Crippen LogP contribution in [-0.2, 0) is 0 Å². The maximum absolute atomic E-state index is 6.20. The van der Waals surface area contributed by atoms with Crippen LogP contribution in [-0.4, -0.2) is 30.6 Å². The predicted octanol–water partition coefficient (Wildman–Crippen LogP) is 1.85. The van der Waals surface area contributed by atoms with Crippen molar-refractivity contribution in [2.75, 3.05) is 19.6 Å². The van der Waals surface area contributed by atoms with Crippen LogP contribution in [0.3, 0.4) is 0 Å². The van der Waals surface area contributed by atoms with E-state index < -0.39 is 0 Å². The molecule has 0 aromatic rings. The van der Waals surface area contributed by atoms with Crippen LogP contribution in [0.4, 0.5) is 0 Å². The summed E-state index contributed by atoms with van der Waals surface area (Å²) in [6.45, 7) is 6.24. The lowest BCUT2D eigenvalue weighted by molar-refractivity contribution is 0.110. The van der Waals surface area contributed by atoms with Crippen LogP contribution in [0.15, 0.2) is 0 Å². The predicted molar refractivity (Wildman–Crippen MR) is 60.2 cm³/mol. The fraction of sp³-hybridized carbons (Fsp3) is 1.00. The molecule has 0 aromatic carbocycles. The van der Waals surface area contributed by atoms with E-state index in [1.807, 2.05) is 0 Å².